The molecule has 0 bridgehead atoms. The predicted octanol–water partition coefficient (Wildman–Crippen LogP) is 4.66. The van der Waals surface area contributed by atoms with Crippen LogP contribution in [0.15, 0.2) is 0 Å². The van der Waals surface area contributed by atoms with E-state index in [2.05, 4.69) is 5.32 Å². The van der Waals surface area contributed by atoms with Crippen LogP contribution in [-0.4, -0.2) is 73.8 Å². The Labute approximate surface area is 209 Å². The molecular formula is C23H46NO10P. The minimum Gasteiger partial charge on any atom is -0.481 e. The molecule has 0 aromatic rings. The first kappa shape index (κ1) is 33.8. The Kier molecular flexibility index (Phi) is 19.2. The van der Waals surface area contributed by atoms with Gasteiger partial charge in [0, 0.05) is 26.7 Å². The fourth-order valence-corrected chi connectivity index (χ4v) is 3.71. The van der Waals surface area contributed by atoms with Gasteiger partial charge in [0.05, 0.1) is 19.8 Å². The number of ether oxygens (including phenoxy) is 3. The normalized spacial score (nSPS) is 14.3. The average molecular weight is 528 g/mol. The Morgan fingerprint density at radius 2 is 1.46 bits per heavy atom. The van der Waals surface area contributed by atoms with Crippen LogP contribution in [0.5, 0.6) is 0 Å². The summed E-state index contributed by atoms with van der Waals surface area (Å²) < 4.78 is 37.6. The van der Waals surface area contributed by atoms with Crippen LogP contribution < -0.4 is 5.32 Å². The summed E-state index contributed by atoms with van der Waals surface area (Å²) in [4.78, 5) is 31.7. The standard InChI is InChI=1S/C23H46NO10P/c1-23(2,3)34-22(27)24-15-17-32-35(28,29)33-19-20(30-4)18-31-16-13-11-9-7-5-6-8-10-12-14-21(25)26/h20H,5-19H2,1-4H3,(H,24,27)(H,25,26)(H,28,29)/t20-/m1/s1. The van der Waals surface area contributed by atoms with Crippen molar-refractivity contribution >= 4 is 19.9 Å². The summed E-state index contributed by atoms with van der Waals surface area (Å²) in [5.74, 6) is -0.722. The van der Waals surface area contributed by atoms with Gasteiger partial charge >= 0.3 is 19.9 Å². The molecule has 0 saturated heterocycles. The molecular weight excluding hydrogens is 481 g/mol. The highest BCUT2D eigenvalue weighted by molar-refractivity contribution is 7.47. The summed E-state index contributed by atoms with van der Waals surface area (Å²) in [6.07, 6.45) is 8.51. The number of phosphoric acid groups is 1. The van der Waals surface area contributed by atoms with E-state index in [1.165, 1.54) is 7.11 Å². The van der Waals surface area contributed by atoms with Crippen LogP contribution in [0.4, 0.5) is 4.79 Å². The smallest absolute Gasteiger partial charge is 0.472 e. The third-order valence-corrected chi connectivity index (χ3v) is 5.75. The molecule has 3 N–H and O–H groups in total. The molecule has 0 rings (SSSR count). The van der Waals surface area contributed by atoms with Gasteiger partial charge in [0.15, 0.2) is 0 Å². The van der Waals surface area contributed by atoms with Gasteiger partial charge in [-0.2, -0.15) is 0 Å². The highest BCUT2D eigenvalue weighted by Gasteiger charge is 2.24. The van der Waals surface area contributed by atoms with E-state index in [0.29, 0.717) is 6.61 Å². The Hall–Kier alpha value is -1.23. The van der Waals surface area contributed by atoms with Crippen molar-refractivity contribution in [2.45, 2.75) is 96.7 Å². The summed E-state index contributed by atoms with van der Waals surface area (Å²) in [6.45, 7) is 5.59. The van der Waals surface area contributed by atoms with Crippen molar-refractivity contribution in [1.82, 2.24) is 5.32 Å². The quantitative estimate of drug-likeness (QED) is 0.134. The molecule has 0 aromatic heterocycles. The van der Waals surface area contributed by atoms with Crippen LogP contribution >= 0.6 is 7.82 Å². The lowest BCUT2D eigenvalue weighted by Crippen LogP contribution is -2.34. The number of carbonyl (C=O) groups excluding carboxylic acids is 1. The lowest BCUT2D eigenvalue weighted by atomic mass is 10.1. The highest BCUT2D eigenvalue weighted by atomic mass is 31.2. The molecule has 0 radical (unpaired) electrons. The number of amides is 1. The Morgan fingerprint density at radius 1 is 0.886 bits per heavy atom. The number of hydrogen-bond acceptors (Lipinski definition) is 8. The first-order valence-electron chi connectivity index (χ1n) is 12.4. The molecule has 208 valence electrons. The first-order chi connectivity index (χ1) is 16.4. The van der Waals surface area contributed by atoms with Gasteiger partial charge in [-0.25, -0.2) is 9.36 Å². The first-order valence-corrected chi connectivity index (χ1v) is 13.9. The number of carboxylic acid groups (broad SMARTS) is 1. The number of hydrogen-bond donors (Lipinski definition) is 3. The third-order valence-electron chi connectivity index (χ3n) is 4.76. The summed E-state index contributed by atoms with van der Waals surface area (Å²) in [6, 6.07) is 0. The molecule has 12 heteroatoms. The number of methoxy groups -OCH3 is 1. The number of alkyl carbamates (subject to hydrolysis) is 1. The second-order valence-electron chi connectivity index (χ2n) is 9.28. The van der Waals surface area contributed by atoms with Crippen molar-refractivity contribution < 1.29 is 47.4 Å². The number of unbranched alkanes of at least 4 members (excludes halogenated alkanes) is 8. The summed E-state index contributed by atoms with van der Waals surface area (Å²) >= 11 is 0. The van der Waals surface area contributed by atoms with E-state index in [0.717, 1.165) is 57.8 Å². The van der Waals surface area contributed by atoms with Crippen LogP contribution in [0.25, 0.3) is 0 Å². The van der Waals surface area contributed by atoms with Crippen LogP contribution in [0.3, 0.4) is 0 Å². The second kappa shape index (κ2) is 19.9. The van der Waals surface area contributed by atoms with E-state index >= 15 is 0 Å². The zero-order valence-corrected chi connectivity index (χ0v) is 22.7. The molecule has 11 nitrogen and oxygen atoms in total. The molecule has 1 unspecified atom stereocenters. The fraction of sp³-hybridized carbons (Fsp3) is 0.913. The molecule has 0 saturated carbocycles. The molecule has 0 aliphatic heterocycles. The minimum atomic E-state index is -4.29. The van der Waals surface area contributed by atoms with E-state index < -0.39 is 31.6 Å². The van der Waals surface area contributed by atoms with Crippen molar-refractivity contribution in [2.75, 3.05) is 40.1 Å². The van der Waals surface area contributed by atoms with Crippen LogP contribution in [0.2, 0.25) is 0 Å². The van der Waals surface area contributed by atoms with E-state index in [9.17, 15) is 19.0 Å². The maximum absolute atomic E-state index is 12.0. The van der Waals surface area contributed by atoms with Crippen LogP contribution in [0, 0.1) is 0 Å². The van der Waals surface area contributed by atoms with Gasteiger partial charge in [0.1, 0.15) is 11.7 Å². The van der Waals surface area contributed by atoms with Crippen molar-refractivity contribution in [3.05, 3.63) is 0 Å². The van der Waals surface area contributed by atoms with Gasteiger partial charge in [-0.1, -0.05) is 44.9 Å². The Bertz CT molecular complexity index is 612. The number of aliphatic carboxylic acids is 1. The SMILES string of the molecule is CO[C@H](COCCCCCCCCCCCC(=O)O)COP(=O)(O)OCCNC(=O)OC(C)(C)C. The van der Waals surface area contributed by atoms with Gasteiger partial charge in [0.2, 0.25) is 0 Å². The molecule has 1 amide bonds. The lowest BCUT2D eigenvalue weighted by Gasteiger charge is -2.20. The zero-order valence-electron chi connectivity index (χ0n) is 21.8. The summed E-state index contributed by atoms with van der Waals surface area (Å²) in [5.41, 5.74) is -0.635. The lowest BCUT2D eigenvalue weighted by molar-refractivity contribution is -0.137. The van der Waals surface area contributed by atoms with E-state index in [-0.39, 0.29) is 32.8 Å². The largest absolute Gasteiger partial charge is 0.481 e. The van der Waals surface area contributed by atoms with Gasteiger partial charge in [-0.15, -0.1) is 0 Å². The minimum absolute atomic E-state index is 0.00751. The van der Waals surface area contributed by atoms with Crippen molar-refractivity contribution in [2.24, 2.45) is 0 Å². The van der Waals surface area contributed by atoms with Gasteiger partial charge < -0.3 is 29.5 Å². The molecule has 2 atom stereocenters. The number of phosphoric ester groups is 1. The molecule has 0 heterocycles. The van der Waals surface area contributed by atoms with Crippen LogP contribution in [0.1, 0.15) is 85.0 Å². The van der Waals surface area contributed by atoms with Crippen molar-refractivity contribution in [1.29, 1.82) is 0 Å². The monoisotopic (exact) mass is 527 g/mol. The van der Waals surface area contributed by atoms with Crippen molar-refractivity contribution in [3.63, 3.8) is 0 Å². The molecule has 0 fully saturated rings. The zero-order chi connectivity index (χ0) is 26.6. The molecule has 35 heavy (non-hydrogen) atoms. The topological polar surface area (TPSA) is 150 Å². The highest BCUT2D eigenvalue weighted by Crippen LogP contribution is 2.43. The van der Waals surface area contributed by atoms with Crippen molar-refractivity contribution in [3.8, 4) is 0 Å². The van der Waals surface area contributed by atoms with E-state index in [1.807, 2.05) is 0 Å². The van der Waals surface area contributed by atoms with E-state index in [1.54, 1.807) is 20.8 Å². The Balaban J connectivity index is 3.71. The average Bonchev–Trinajstić information content (AvgIpc) is 2.75. The Morgan fingerprint density at radius 3 is 2.00 bits per heavy atom. The maximum Gasteiger partial charge on any atom is 0.472 e. The maximum atomic E-state index is 12.0. The van der Waals surface area contributed by atoms with E-state index in [4.69, 9.17) is 28.4 Å². The molecule has 0 spiro atoms. The van der Waals surface area contributed by atoms with Gasteiger partial charge in [-0.3, -0.25) is 13.8 Å². The third kappa shape index (κ3) is 24.2. The number of carboxylic acids is 1. The number of carbonyl (C=O) groups is 2. The second-order valence-corrected chi connectivity index (χ2v) is 10.7. The number of rotatable bonds is 22. The van der Waals surface area contributed by atoms with Gasteiger partial charge in [-0.05, 0) is 33.6 Å². The fourth-order valence-electron chi connectivity index (χ4n) is 2.96. The summed E-state index contributed by atoms with van der Waals surface area (Å²) in [7, 11) is -2.82. The molecule has 0 aliphatic rings. The number of nitrogens with one attached hydrogen (secondary N) is 1. The molecule has 0 aliphatic carbocycles. The van der Waals surface area contributed by atoms with Crippen LogP contribution in [-0.2, 0) is 32.6 Å². The van der Waals surface area contributed by atoms with Gasteiger partial charge in [0.25, 0.3) is 0 Å². The summed E-state index contributed by atoms with van der Waals surface area (Å²) in [5, 5.41) is 11.0. The predicted molar refractivity (Wildman–Crippen MR) is 131 cm³/mol. The molecule has 0 aromatic carbocycles.